The van der Waals surface area contributed by atoms with E-state index in [2.05, 4.69) is 52.9 Å². The molecule has 138 valence electrons. The van der Waals surface area contributed by atoms with Crippen molar-refractivity contribution in [1.29, 1.82) is 0 Å². The normalized spacial score (nSPS) is 11.2. The third-order valence-electron chi connectivity index (χ3n) is 4.25. The van der Waals surface area contributed by atoms with Gasteiger partial charge in [0.15, 0.2) is 11.5 Å². The Kier molecular flexibility index (Phi) is 6.18. The second-order valence-electron chi connectivity index (χ2n) is 6.67. The molecule has 26 heavy (non-hydrogen) atoms. The molecule has 0 spiro atoms. The topological polar surface area (TPSA) is 46.3 Å². The molecule has 0 aliphatic heterocycles. The quantitative estimate of drug-likeness (QED) is 0.549. The largest absolute Gasteiger partial charge is 0.490 e. The number of benzene rings is 2. The zero-order valence-electron chi connectivity index (χ0n) is 15.8. The van der Waals surface area contributed by atoms with Gasteiger partial charge in [0.1, 0.15) is 0 Å². The Morgan fingerprint density at radius 3 is 2.73 bits per heavy atom. The van der Waals surface area contributed by atoms with Crippen molar-refractivity contribution in [2.45, 2.75) is 39.8 Å². The Morgan fingerprint density at radius 1 is 1.08 bits per heavy atom. The van der Waals surface area contributed by atoms with E-state index in [0.717, 1.165) is 31.0 Å². The van der Waals surface area contributed by atoms with Crippen molar-refractivity contribution in [1.82, 2.24) is 10.3 Å². The highest BCUT2D eigenvalue weighted by Crippen LogP contribution is 2.29. The van der Waals surface area contributed by atoms with Crippen LogP contribution in [-0.4, -0.2) is 24.2 Å². The van der Waals surface area contributed by atoms with Crippen LogP contribution in [0.4, 0.5) is 0 Å². The first kappa shape index (κ1) is 18.3. The van der Waals surface area contributed by atoms with E-state index in [4.69, 9.17) is 9.47 Å². The fourth-order valence-corrected chi connectivity index (χ4v) is 3.08. The van der Waals surface area contributed by atoms with E-state index >= 15 is 0 Å². The van der Waals surface area contributed by atoms with E-state index in [1.807, 2.05) is 26.8 Å². The van der Waals surface area contributed by atoms with E-state index < -0.39 is 0 Å². The van der Waals surface area contributed by atoms with Crippen LogP contribution in [0.3, 0.4) is 0 Å². The summed E-state index contributed by atoms with van der Waals surface area (Å²) in [6.07, 6.45) is 3.24. The minimum Gasteiger partial charge on any atom is -0.490 e. The molecule has 0 atom stereocenters. The van der Waals surface area contributed by atoms with Gasteiger partial charge in [-0.3, -0.25) is 0 Å². The number of H-pyrrole nitrogens is 1. The van der Waals surface area contributed by atoms with E-state index in [1.54, 1.807) is 0 Å². The number of hydrogen-bond donors (Lipinski definition) is 2. The van der Waals surface area contributed by atoms with Gasteiger partial charge in [-0.1, -0.05) is 24.3 Å². The number of rotatable bonds is 9. The first-order valence-electron chi connectivity index (χ1n) is 9.35. The molecule has 0 radical (unpaired) electrons. The van der Waals surface area contributed by atoms with Crippen LogP contribution in [-0.2, 0) is 13.0 Å². The molecule has 1 heterocycles. The number of hydrogen-bond acceptors (Lipinski definition) is 3. The molecule has 0 unspecified atom stereocenters. The molecule has 0 saturated carbocycles. The minimum atomic E-state index is 0.134. The highest BCUT2D eigenvalue weighted by atomic mass is 16.5. The van der Waals surface area contributed by atoms with Crippen LogP contribution >= 0.6 is 0 Å². The molecule has 0 aliphatic rings. The molecule has 2 N–H and O–H groups in total. The van der Waals surface area contributed by atoms with Crippen LogP contribution in [0, 0.1) is 0 Å². The van der Waals surface area contributed by atoms with Crippen molar-refractivity contribution in [3.8, 4) is 11.5 Å². The van der Waals surface area contributed by atoms with E-state index in [0.29, 0.717) is 6.61 Å². The maximum Gasteiger partial charge on any atom is 0.161 e. The average molecular weight is 352 g/mol. The summed E-state index contributed by atoms with van der Waals surface area (Å²) in [5.74, 6) is 1.63. The molecule has 0 amide bonds. The Labute approximate surface area is 155 Å². The lowest BCUT2D eigenvalue weighted by atomic mass is 10.1. The molecule has 0 fully saturated rings. The number of aromatic nitrogens is 1. The molecule has 1 aromatic heterocycles. The number of para-hydroxylation sites is 1. The summed E-state index contributed by atoms with van der Waals surface area (Å²) in [5.41, 5.74) is 3.75. The lowest BCUT2D eigenvalue weighted by Crippen LogP contribution is -2.16. The molecular weight excluding hydrogens is 324 g/mol. The van der Waals surface area contributed by atoms with Gasteiger partial charge in [-0.05, 0) is 63.1 Å². The summed E-state index contributed by atoms with van der Waals surface area (Å²) < 4.78 is 11.6. The van der Waals surface area contributed by atoms with Crippen molar-refractivity contribution in [3.63, 3.8) is 0 Å². The van der Waals surface area contributed by atoms with Gasteiger partial charge in [-0.2, -0.15) is 0 Å². The number of ether oxygens (including phenoxy) is 2. The lowest BCUT2D eigenvalue weighted by molar-refractivity contribution is 0.223. The minimum absolute atomic E-state index is 0.134. The molecule has 0 aliphatic carbocycles. The summed E-state index contributed by atoms with van der Waals surface area (Å²) in [6, 6.07) is 14.6. The van der Waals surface area contributed by atoms with Crippen molar-refractivity contribution < 1.29 is 9.47 Å². The summed E-state index contributed by atoms with van der Waals surface area (Å²) in [4.78, 5) is 3.33. The van der Waals surface area contributed by atoms with Gasteiger partial charge in [0.05, 0.1) is 12.7 Å². The molecule has 0 saturated heterocycles. The summed E-state index contributed by atoms with van der Waals surface area (Å²) in [5, 5.41) is 4.83. The van der Waals surface area contributed by atoms with E-state index in [-0.39, 0.29) is 6.10 Å². The van der Waals surface area contributed by atoms with Gasteiger partial charge in [0.25, 0.3) is 0 Å². The summed E-state index contributed by atoms with van der Waals surface area (Å²) in [7, 11) is 0. The maximum atomic E-state index is 5.82. The zero-order chi connectivity index (χ0) is 18.4. The Morgan fingerprint density at radius 2 is 1.92 bits per heavy atom. The number of nitrogens with one attached hydrogen (secondary N) is 2. The molecule has 3 rings (SSSR count). The standard InChI is InChI=1S/C22H28N2O2/c1-4-25-22-13-17(9-10-21(22)26-16(2)3)14-23-12-11-18-15-24-20-8-6-5-7-19(18)20/h5-10,13,15-16,23-24H,4,11-12,14H2,1-3H3. The molecule has 4 heteroatoms. The van der Waals surface area contributed by atoms with Crippen molar-refractivity contribution >= 4 is 10.9 Å². The second-order valence-corrected chi connectivity index (χ2v) is 6.67. The first-order chi connectivity index (χ1) is 12.7. The molecule has 3 aromatic rings. The Bertz CT molecular complexity index is 839. The maximum absolute atomic E-state index is 5.82. The van der Waals surface area contributed by atoms with Gasteiger partial charge >= 0.3 is 0 Å². The van der Waals surface area contributed by atoms with Crippen LogP contribution in [0.15, 0.2) is 48.7 Å². The fourth-order valence-electron chi connectivity index (χ4n) is 3.08. The fraction of sp³-hybridized carbons (Fsp3) is 0.364. The average Bonchev–Trinajstić information content (AvgIpc) is 3.04. The number of fused-ring (bicyclic) bond motifs is 1. The van der Waals surface area contributed by atoms with Crippen LogP contribution in [0.1, 0.15) is 31.9 Å². The summed E-state index contributed by atoms with van der Waals surface area (Å²) in [6.45, 7) is 8.41. The zero-order valence-corrected chi connectivity index (χ0v) is 15.8. The van der Waals surface area contributed by atoms with Gasteiger partial charge < -0.3 is 19.8 Å². The molecular formula is C22H28N2O2. The second kappa shape index (κ2) is 8.77. The van der Waals surface area contributed by atoms with Crippen molar-refractivity contribution in [2.75, 3.05) is 13.2 Å². The van der Waals surface area contributed by atoms with Gasteiger partial charge in [-0.25, -0.2) is 0 Å². The predicted molar refractivity (Wildman–Crippen MR) is 107 cm³/mol. The molecule has 4 nitrogen and oxygen atoms in total. The third-order valence-corrected chi connectivity index (χ3v) is 4.25. The Hall–Kier alpha value is -2.46. The molecule has 0 bridgehead atoms. The monoisotopic (exact) mass is 352 g/mol. The highest BCUT2D eigenvalue weighted by molar-refractivity contribution is 5.83. The van der Waals surface area contributed by atoms with Gasteiger partial charge in [-0.15, -0.1) is 0 Å². The van der Waals surface area contributed by atoms with Crippen molar-refractivity contribution in [3.05, 3.63) is 59.8 Å². The van der Waals surface area contributed by atoms with Crippen LogP contribution < -0.4 is 14.8 Å². The smallest absolute Gasteiger partial charge is 0.161 e. The van der Waals surface area contributed by atoms with Crippen LogP contribution in [0.2, 0.25) is 0 Å². The third kappa shape index (κ3) is 4.58. The van der Waals surface area contributed by atoms with Gasteiger partial charge in [0, 0.05) is 23.6 Å². The van der Waals surface area contributed by atoms with E-state index in [1.165, 1.54) is 22.0 Å². The van der Waals surface area contributed by atoms with Gasteiger partial charge in [0.2, 0.25) is 0 Å². The molecule has 2 aromatic carbocycles. The predicted octanol–water partition coefficient (Wildman–Crippen LogP) is 4.69. The highest BCUT2D eigenvalue weighted by Gasteiger charge is 2.08. The van der Waals surface area contributed by atoms with E-state index in [9.17, 15) is 0 Å². The Balaban J connectivity index is 1.56. The van der Waals surface area contributed by atoms with Crippen LogP contribution in [0.5, 0.6) is 11.5 Å². The summed E-state index contributed by atoms with van der Waals surface area (Å²) >= 11 is 0. The SMILES string of the molecule is CCOc1cc(CNCCc2c[nH]c3ccccc23)ccc1OC(C)C. The van der Waals surface area contributed by atoms with Crippen molar-refractivity contribution in [2.24, 2.45) is 0 Å². The van der Waals surface area contributed by atoms with Crippen LogP contribution in [0.25, 0.3) is 10.9 Å². The lowest BCUT2D eigenvalue weighted by Gasteiger charge is -2.15. The first-order valence-corrected chi connectivity index (χ1v) is 9.35. The number of aromatic amines is 1.